The number of likely N-dealkylation sites (tertiary alicyclic amines) is 1. The Kier molecular flexibility index (Phi) is 5.72. The molecular formula is C22H26N2O4S2. The van der Waals surface area contributed by atoms with Crippen molar-refractivity contribution >= 4 is 33.0 Å². The van der Waals surface area contributed by atoms with E-state index < -0.39 is 15.3 Å². The van der Waals surface area contributed by atoms with Gasteiger partial charge in [-0.3, -0.25) is 9.59 Å². The quantitative estimate of drug-likeness (QED) is 0.737. The van der Waals surface area contributed by atoms with E-state index >= 15 is 0 Å². The van der Waals surface area contributed by atoms with Crippen LogP contribution < -0.4 is 5.73 Å². The molecule has 30 heavy (non-hydrogen) atoms. The van der Waals surface area contributed by atoms with Gasteiger partial charge in [-0.2, -0.15) is 0 Å². The molecule has 1 aromatic heterocycles. The highest BCUT2D eigenvalue weighted by atomic mass is 32.2. The van der Waals surface area contributed by atoms with Crippen molar-refractivity contribution in [1.29, 1.82) is 0 Å². The van der Waals surface area contributed by atoms with Crippen LogP contribution in [0.3, 0.4) is 0 Å². The number of nitrogens with two attached hydrogens (primary N) is 1. The average Bonchev–Trinajstić information content (AvgIpc) is 3.43. The Hall–Kier alpha value is -2.19. The fourth-order valence-electron chi connectivity index (χ4n) is 4.59. The summed E-state index contributed by atoms with van der Waals surface area (Å²) in [7, 11) is -3.01. The van der Waals surface area contributed by atoms with Crippen molar-refractivity contribution in [2.45, 2.75) is 25.7 Å². The summed E-state index contributed by atoms with van der Waals surface area (Å²) in [6, 6.07) is 12.2. The number of rotatable bonds is 6. The van der Waals surface area contributed by atoms with E-state index in [1.807, 2.05) is 29.6 Å². The second kappa shape index (κ2) is 8.15. The van der Waals surface area contributed by atoms with Crippen LogP contribution in [0.15, 0.2) is 41.8 Å². The maximum Gasteiger partial charge on any atom is 0.225 e. The zero-order valence-electron chi connectivity index (χ0n) is 16.7. The molecule has 8 heteroatoms. The average molecular weight is 447 g/mol. The van der Waals surface area contributed by atoms with E-state index in [9.17, 15) is 18.0 Å². The van der Waals surface area contributed by atoms with Gasteiger partial charge in [-0.15, -0.1) is 11.3 Å². The van der Waals surface area contributed by atoms with Crippen molar-refractivity contribution in [3.8, 4) is 10.4 Å². The van der Waals surface area contributed by atoms with Gasteiger partial charge in [0.05, 0.1) is 16.9 Å². The summed E-state index contributed by atoms with van der Waals surface area (Å²) in [6.45, 7) is 0.774. The molecule has 6 nitrogen and oxygen atoms in total. The van der Waals surface area contributed by atoms with Crippen molar-refractivity contribution in [3.05, 3.63) is 47.3 Å². The number of thiophene rings is 1. The molecule has 0 saturated carbocycles. The summed E-state index contributed by atoms with van der Waals surface area (Å²) in [6.07, 6.45) is 1.78. The first kappa shape index (κ1) is 21.1. The van der Waals surface area contributed by atoms with Crippen molar-refractivity contribution in [2.24, 2.45) is 17.1 Å². The summed E-state index contributed by atoms with van der Waals surface area (Å²) in [4.78, 5) is 28.1. The van der Waals surface area contributed by atoms with Crippen LogP contribution in [0.25, 0.3) is 10.4 Å². The van der Waals surface area contributed by atoms with Gasteiger partial charge in [0.1, 0.15) is 0 Å². The van der Waals surface area contributed by atoms with Gasteiger partial charge in [-0.05, 0) is 47.8 Å². The molecule has 2 saturated heterocycles. The molecule has 2 aromatic rings. The third-order valence-electron chi connectivity index (χ3n) is 6.29. The molecule has 0 radical (unpaired) electrons. The topological polar surface area (TPSA) is 97.5 Å². The molecule has 2 aliphatic heterocycles. The minimum Gasteiger partial charge on any atom is -0.369 e. The maximum absolute atomic E-state index is 12.8. The van der Waals surface area contributed by atoms with Crippen LogP contribution in [0, 0.1) is 11.3 Å². The lowest BCUT2D eigenvalue weighted by Gasteiger charge is -2.26. The smallest absolute Gasteiger partial charge is 0.225 e. The number of primary amides is 1. The van der Waals surface area contributed by atoms with Gasteiger partial charge < -0.3 is 10.6 Å². The highest BCUT2D eigenvalue weighted by molar-refractivity contribution is 7.91. The monoisotopic (exact) mass is 446 g/mol. The van der Waals surface area contributed by atoms with Gasteiger partial charge in [0.2, 0.25) is 11.8 Å². The Morgan fingerprint density at radius 1 is 1.23 bits per heavy atom. The first-order valence-electron chi connectivity index (χ1n) is 10.2. The highest BCUT2D eigenvalue weighted by Gasteiger charge is 2.45. The third kappa shape index (κ3) is 4.44. The summed E-state index contributed by atoms with van der Waals surface area (Å²) in [5.41, 5.74) is 7.17. The van der Waals surface area contributed by atoms with Gasteiger partial charge in [-0.25, -0.2) is 8.42 Å². The van der Waals surface area contributed by atoms with Gasteiger partial charge in [0.15, 0.2) is 9.84 Å². The van der Waals surface area contributed by atoms with Gasteiger partial charge >= 0.3 is 0 Å². The summed E-state index contributed by atoms with van der Waals surface area (Å²) in [5.74, 6) is -0.330. The Morgan fingerprint density at radius 3 is 2.73 bits per heavy atom. The fourth-order valence-corrected chi connectivity index (χ4v) is 7.18. The van der Waals surface area contributed by atoms with E-state index in [1.165, 1.54) is 4.88 Å². The second-order valence-corrected chi connectivity index (χ2v) is 11.7. The molecule has 3 heterocycles. The van der Waals surface area contributed by atoms with Gasteiger partial charge in [0.25, 0.3) is 0 Å². The first-order valence-corrected chi connectivity index (χ1v) is 12.9. The first-order chi connectivity index (χ1) is 14.3. The number of nitrogens with zero attached hydrogens (tertiary/aromatic N) is 1. The summed E-state index contributed by atoms with van der Waals surface area (Å²) >= 11 is 1.66. The molecular weight excluding hydrogens is 420 g/mol. The second-order valence-electron chi connectivity index (χ2n) is 8.54. The minimum atomic E-state index is -3.01. The molecule has 2 N–H and O–H groups in total. The predicted molar refractivity (Wildman–Crippen MR) is 118 cm³/mol. The number of amides is 2. The molecule has 0 unspecified atom stereocenters. The standard InChI is InChI=1S/C22H26N2O4S2/c23-21(26)22(13-16-3-1-4-18(11-16)19-5-2-9-29-19)7-8-24(15-22)20(25)12-17-6-10-30(27,28)14-17/h1-5,9,11,17H,6-8,10,12-15H2,(H2,23,26)/t17-,22-/m1/s1. The molecule has 1 aromatic carbocycles. The van der Waals surface area contributed by atoms with Crippen molar-refractivity contribution in [1.82, 2.24) is 4.90 Å². The number of sulfone groups is 1. The fraction of sp³-hybridized carbons (Fsp3) is 0.455. The number of benzene rings is 1. The molecule has 2 atom stereocenters. The lowest BCUT2D eigenvalue weighted by atomic mass is 9.80. The van der Waals surface area contributed by atoms with Crippen molar-refractivity contribution in [2.75, 3.05) is 24.6 Å². The van der Waals surface area contributed by atoms with Crippen LogP contribution in [0.4, 0.5) is 0 Å². The Labute approximate surface area is 181 Å². The van der Waals surface area contributed by atoms with Crippen LogP contribution >= 0.6 is 11.3 Å². The van der Waals surface area contributed by atoms with E-state index in [0.717, 1.165) is 11.1 Å². The molecule has 4 rings (SSSR count). The largest absolute Gasteiger partial charge is 0.369 e. The molecule has 0 aliphatic carbocycles. The van der Waals surface area contributed by atoms with Crippen molar-refractivity contribution < 1.29 is 18.0 Å². The molecule has 0 spiro atoms. The van der Waals surface area contributed by atoms with Gasteiger partial charge in [-0.1, -0.05) is 30.3 Å². The lowest BCUT2D eigenvalue weighted by Crippen LogP contribution is -2.42. The molecule has 2 aliphatic rings. The van der Waals surface area contributed by atoms with E-state index in [-0.39, 0.29) is 35.7 Å². The summed E-state index contributed by atoms with van der Waals surface area (Å²) < 4.78 is 23.3. The van der Waals surface area contributed by atoms with Crippen molar-refractivity contribution in [3.63, 3.8) is 0 Å². The number of hydrogen-bond donors (Lipinski definition) is 1. The Bertz CT molecular complexity index is 1050. The zero-order chi connectivity index (χ0) is 21.4. The normalized spacial score (nSPS) is 25.5. The number of hydrogen-bond acceptors (Lipinski definition) is 5. The number of carbonyl (C=O) groups is 2. The van der Waals surface area contributed by atoms with Crippen LogP contribution in [-0.2, 0) is 25.8 Å². The summed E-state index contributed by atoms with van der Waals surface area (Å²) in [5, 5.41) is 2.03. The number of carbonyl (C=O) groups excluding carboxylic acids is 2. The lowest BCUT2D eigenvalue weighted by molar-refractivity contribution is -0.132. The van der Waals surface area contributed by atoms with E-state index in [4.69, 9.17) is 5.73 Å². The predicted octanol–water partition coefficient (Wildman–Crippen LogP) is 2.49. The van der Waals surface area contributed by atoms with Crippen LogP contribution in [0.5, 0.6) is 0 Å². The Morgan fingerprint density at radius 2 is 2.07 bits per heavy atom. The maximum atomic E-state index is 12.8. The Balaban J connectivity index is 1.46. The van der Waals surface area contributed by atoms with Gasteiger partial charge in [0, 0.05) is 24.4 Å². The van der Waals surface area contributed by atoms with Crippen LogP contribution in [0.1, 0.15) is 24.8 Å². The minimum absolute atomic E-state index is 0.0763. The van der Waals surface area contributed by atoms with Crippen LogP contribution in [0.2, 0.25) is 0 Å². The van der Waals surface area contributed by atoms with E-state index in [2.05, 4.69) is 12.1 Å². The molecule has 0 bridgehead atoms. The third-order valence-corrected chi connectivity index (χ3v) is 9.05. The molecule has 2 amide bonds. The SMILES string of the molecule is NC(=O)[C@@]1(Cc2cccc(-c3cccs3)c2)CCN(C(=O)C[C@H]2CCS(=O)(=O)C2)C1. The highest BCUT2D eigenvalue weighted by Crippen LogP contribution is 2.36. The van der Waals surface area contributed by atoms with Crippen LogP contribution in [-0.4, -0.2) is 49.7 Å². The molecule has 160 valence electrons. The molecule has 2 fully saturated rings. The zero-order valence-corrected chi connectivity index (χ0v) is 18.4. The van der Waals surface area contributed by atoms with E-state index in [0.29, 0.717) is 32.4 Å². The van der Waals surface area contributed by atoms with E-state index in [1.54, 1.807) is 16.2 Å².